The molecule has 0 aromatic heterocycles. The third kappa shape index (κ3) is 5.55. The van der Waals surface area contributed by atoms with Crippen LogP contribution in [0.1, 0.15) is 25.3 Å². The average molecular weight is 208 g/mol. The second kappa shape index (κ2) is 7.43. The predicted molar refractivity (Wildman–Crippen MR) is 61.9 cm³/mol. The van der Waals surface area contributed by atoms with Crippen LogP contribution in [0.25, 0.3) is 0 Å². The third-order valence-corrected chi connectivity index (χ3v) is 2.27. The highest BCUT2D eigenvalue weighted by molar-refractivity contribution is 5.14. The molecule has 1 rings (SSSR count). The van der Waals surface area contributed by atoms with Gasteiger partial charge in [0.1, 0.15) is 0 Å². The van der Waals surface area contributed by atoms with Gasteiger partial charge in [-0.3, -0.25) is 0 Å². The standard InChI is InChI=1S/C13H20O2/c1-2-10-15-11-13(14)9-8-12-6-4-3-5-7-12/h3-7,13-14H,2,8-11H2,1H3. The second-order valence-corrected chi connectivity index (χ2v) is 3.75. The minimum atomic E-state index is -0.336. The summed E-state index contributed by atoms with van der Waals surface area (Å²) < 4.78 is 5.28. The first kappa shape index (κ1) is 12.2. The number of hydrogen-bond acceptors (Lipinski definition) is 2. The van der Waals surface area contributed by atoms with Crippen molar-refractivity contribution in [2.24, 2.45) is 0 Å². The van der Waals surface area contributed by atoms with Crippen molar-refractivity contribution in [2.45, 2.75) is 32.3 Å². The monoisotopic (exact) mass is 208 g/mol. The van der Waals surface area contributed by atoms with Gasteiger partial charge in [-0.05, 0) is 24.8 Å². The Morgan fingerprint density at radius 1 is 1.27 bits per heavy atom. The Balaban J connectivity index is 2.14. The van der Waals surface area contributed by atoms with Crippen LogP contribution >= 0.6 is 0 Å². The molecule has 0 spiro atoms. The van der Waals surface area contributed by atoms with E-state index in [1.807, 2.05) is 18.2 Å². The first-order valence-electron chi connectivity index (χ1n) is 5.62. The fourth-order valence-electron chi connectivity index (χ4n) is 1.42. The lowest BCUT2D eigenvalue weighted by Crippen LogP contribution is -2.16. The maximum Gasteiger partial charge on any atom is 0.0776 e. The number of ether oxygens (including phenoxy) is 1. The molecule has 0 amide bonds. The largest absolute Gasteiger partial charge is 0.391 e. The number of benzene rings is 1. The van der Waals surface area contributed by atoms with E-state index in [1.54, 1.807) is 0 Å². The van der Waals surface area contributed by atoms with Crippen LogP contribution in [0.2, 0.25) is 0 Å². The van der Waals surface area contributed by atoms with Gasteiger partial charge in [0, 0.05) is 6.61 Å². The van der Waals surface area contributed by atoms with Crippen molar-refractivity contribution in [3.05, 3.63) is 35.9 Å². The quantitative estimate of drug-likeness (QED) is 0.697. The van der Waals surface area contributed by atoms with Gasteiger partial charge in [-0.1, -0.05) is 37.3 Å². The van der Waals surface area contributed by atoms with E-state index < -0.39 is 0 Å². The normalized spacial score (nSPS) is 12.7. The second-order valence-electron chi connectivity index (χ2n) is 3.75. The molecule has 2 heteroatoms. The molecule has 1 unspecified atom stereocenters. The van der Waals surface area contributed by atoms with Gasteiger partial charge in [-0.15, -0.1) is 0 Å². The molecule has 0 saturated heterocycles. The van der Waals surface area contributed by atoms with Gasteiger partial charge in [-0.25, -0.2) is 0 Å². The maximum atomic E-state index is 9.61. The van der Waals surface area contributed by atoms with Gasteiger partial charge in [0.05, 0.1) is 12.7 Å². The molecular formula is C13H20O2. The molecule has 0 radical (unpaired) electrons. The molecule has 15 heavy (non-hydrogen) atoms. The van der Waals surface area contributed by atoms with Gasteiger partial charge in [-0.2, -0.15) is 0 Å². The molecule has 1 aromatic rings. The van der Waals surface area contributed by atoms with Crippen molar-refractivity contribution >= 4 is 0 Å². The maximum absolute atomic E-state index is 9.61. The van der Waals surface area contributed by atoms with Crippen molar-refractivity contribution in [2.75, 3.05) is 13.2 Å². The van der Waals surface area contributed by atoms with E-state index in [1.165, 1.54) is 5.56 Å². The van der Waals surface area contributed by atoms with E-state index >= 15 is 0 Å². The summed E-state index contributed by atoms with van der Waals surface area (Å²) in [5.41, 5.74) is 1.27. The Morgan fingerprint density at radius 3 is 2.67 bits per heavy atom. The SMILES string of the molecule is CCCOCC(O)CCc1ccccc1. The lowest BCUT2D eigenvalue weighted by atomic mass is 10.1. The average Bonchev–Trinajstić information content (AvgIpc) is 2.28. The van der Waals surface area contributed by atoms with E-state index in [0.29, 0.717) is 6.61 Å². The number of aliphatic hydroxyl groups is 1. The molecule has 0 aliphatic carbocycles. The minimum Gasteiger partial charge on any atom is -0.391 e. The van der Waals surface area contributed by atoms with E-state index in [2.05, 4.69) is 19.1 Å². The molecule has 0 aliphatic rings. The molecule has 84 valence electrons. The first-order valence-corrected chi connectivity index (χ1v) is 5.62. The lowest BCUT2D eigenvalue weighted by Gasteiger charge is -2.10. The lowest BCUT2D eigenvalue weighted by molar-refractivity contribution is 0.0330. The van der Waals surface area contributed by atoms with E-state index in [4.69, 9.17) is 4.74 Å². The smallest absolute Gasteiger partial charge is 0.0776 e. The zero-order valence-electron chi connectivity index (χ0n) is 9.36. The van der Waals surface area contributed by atoms with Crippen LogP contribution < -0.4 is 0 Å². The van der Waals surface area contributed by atoms with Gasteiger partial charge in [0.25, 0.3) is 0 Å². The van der Waals surface area contributed by atoms with E-state index in [0.717, 1.165) is 25.9 Å². The highest BCUT2D eigenvalue weighted by atomic mass is 16.5. The van der Waals surface area contributed by atoms with Crippen molar-refractivity contribution in [3.8, 4) is 0 Å². The molecule has 0 fully saturated rings. The highest BCUT2D eigenvalue weighted by Gasteiger charge is 2.04. The Labute approximate surface area is 91.9 Å². The molecule has 0 saturated carbocycles. The number of rotatable bonds is 7. The number of hydrogen-bond donors (Lipinski definition) is 1. The molecule has 0 bridgehead atoms. The zero-order chi connectivity index (χ0) is 10.9. The Hall–Kier alpha value is -0.860. The Kier molecular flexibility index (Phi) is 6.05. The first-order chi connectivity index (χ1) is 7.33. The Bertz CT molecular complexity index is 246. The molecule has 1 aromatic carbocycles. The predicted octanol–water partition coefficient (Wildman–Crippen LogP) is 2.41. The van der Waals surface area contributed by atoms with Gasteiger partial charge in [0.15, 0.2) is 0 Å². The molecule has 1 N–H and O–H groups in total. The molecular weight excluding hydrogens is 188 g/mol. The summed E-state index contributed by atoms with van der Waals surface area (Å²) in [6.07, 6.45) is 2.35. The topological polar surface area (TPSA) is 29.5 Å². The van der Waals surface area contributed by atoms with Crippen LogP contribution in [0.15, 0.2) is 30.3 Å². The van der Waals surface area contributed by atoms with Crippen LogP contribution in [-0.4, -0.2) is 24.4 Å². The summed E-state index contributed by atoms with van der Waals surface area (Å²) in [7, 11) is 0. The van der Waals surface area contributed by atoms with Crippen molar-refractivity contribution in [1.82, 2.24) is 0 Å². The van der Waals surface area contributed by atoms with Crippen molar-refractivity contribution < 1.29 is 9.84 Å². The summed E-state index contributed by atoms with van der Waals surface area (Å²) in [6, 6.07) is 10.2. The van der Waals surface area contributed by atoms with E-state index in [9.17, 15) is 5.11 Å². The number of aryl methyl sites for hydroxylation is 1. The van der Waals surface area contributed by atoms with Crippen molar-refractivity contribution in [1.29, 1.82) is 0 Å². The van der Waals surface area contributed by atoms with Crippen LogP contribution in [0, 0.1) is 0 Å². The van der Waals surface area contributed by atoms with E-state index in [-0.39, 0.29) is 6.10 Å². The molecule has 0 heterocycles. The fourth-order valence-corrected chi connectivity index (χ4v) is 1.42. The fraction of sp³-hybridized carbons (Fsp3) is 0.538. The van der Waals surface area contributed by atoms with Crippen LogP contribution in [-0.2, 0) is 11.2 Å². The van der Waals surface area contributed by atoms with Gasteiger partial charge < -0.3 is 9.84 Å². The zero-order valence-corrected chi connectivity index (χ0v) is 9.36. The molecule has 0 aliphatic heterocycles. The summed E-state index contributed by atoms with van der Waals surface area (Å²) in [5, 5.41) is 9.61. The van der Waals surface area contributed by atoms with Gasteiger partial charge >= 0.3 is 0 Å². The third-order valence-electron chi connectivity index (χ3n) is 2.27. The summed E-state index contributed by atoms with van der Waals surface area (Å²) in [4.78, 5) is 0. The highest BCUT2D eigenvalue weighted by Crippen LogP contribution is 2.05. The molecule has 2 nitrogen and oxygen atoms in total. The summed E-state index contributed by atoms with van der Waals surface area (Å²) in [6.45, 7) is 3.26. The van der Waals surface area contributed by atoms with Crippen LogP contribution in [0.3, 0.4) is 0 Å². The number of aliphatic hydroxyl groups excluding tert-OH is 1. The summed E-state index contributed by atoms with van der Waals surface area (Å²) >= 11 is 0. The van der Waals surface area contributed by atoms with Gasteiger partial charge in [0.2, 0.25) is 0 Å². The van der Waals surface area contributed by atoms with Crippen LogP contribution in [0.5, 0.6) is 0 Å². The van der Waals surface area contributed by atoms with Crippen molar-refractivity contribution in [3.63, 3.8) is 0 Å². The molecule has 1 atom stereocenters. The summed E-state index contributed by atoms with van der Waals surface area (Å²) in [5.74, 6) is 0. The minimum absolute atomic E-state index is 0.336. The Morgan fingerprint density at radius 2 is 2.00 bits per heavy atom. The van der Waals surface area contributed by atoms with Crippen LogP contribution in [0.4, 0.5) is 0 Å².